The molecule has 1 amide bonds. The molecule has 0 radical (unpaired) electrons. The Morgan fingerprint density at radius 3 is 2.81 bits per heavy atom. The van der Waals surface area contributed by atoms with E-state index >= 15 is 0 Å². The van der Waals surface area contributed by atoms with Crippen molar-refractivity contribution in [3.8, 4) is 0 Å². The number of carbonyl (C=O) groups is 2. The molecule has 1 N–H and O–H groups in total. The largest absolute Gasteiger partial charge is 0.461 e. The molecule has 0 fully saturated rings. The van der Waals surface area contributed by atoms with Crippen molar-refractivity contribution in [3.63, 3.8) is 0 Å². The van der Waals surface area contributed by atoms with Crippen molar-refractivity contribution in [1.29, 1.82) is 0 Å². The lowest BCUT2D eigenvalue weighted by Gasteiger charge is -2.23. The smallest absolute Gasteiger partial charge is 0.367 e. The molecule has 0 aliphatic heterocycles. The van der Waals surface area contributed by atoms with Gasteiger partial charge >= 0.3 is 5.97 Å². The minimum Gasteiger partial charge on any atom is -0.461 e. The Balaban J connectivity index is 2.44. The van der Waals surface area contributed by atoms with Gasteiger partial charge in [0.1, 0.15) is 5.69 Å². The van der Waals surface area contributed by atoms with Gasteiger partial charge in [0.05, 0.1) is 6.61 Å². The lowest BCUT2D eigenvalue weighted by Crippen LogP contribution is -2.37. The van der Waals surface area contributed by atoms with E-state index in [1.54, 1.807) is 12.3 Å². The molecule has 7 heteroatoms. The number of hydrogen-bond acceptors (Lipinski definition) is 6. The Morgan fingerprint density at radius 2 is 2.19 bits per heavy atom. The zero-order chi connectivity index (χ0) is 15.8. The zero-order valence-corrected chi connectivity index (χ0v) is 13.8. The normalized spacial score (nSPS) is 12.2. The van der Waals surface area contributed by atoms with Gasteiger partial charge in [-0.1, -0.05) is 6.92 Å². The van der Waals surface area contributed by atoms with E-state index in [9.17, 15) is 9.59 Å². The summed E-state index contributed by atoms with van der Waals surface area (Å²) in [4.78, 5) is 29.6. The summed E-state index contributed by atoms with van der Waals surface area (Å²) >= 11 is 1.12. The number of nitrogens with one attached hydrogen (secondary N) is 1. The van der Waals surface area contributed by atoms with E-state index in [-0.39, 0.29) is 16.6 Å². The summed E-state index contributed by atoms with van der Waals surface area (Å²) < 4.78 is 4.84. The van der Waals surface area contributed by atoms with Crippen LogP contribution >= 0.6 is 11.3 Å². The highest BCUT2D eigenvalue weighted by molar-refractivity contribution is 7.11. The third-order valence-electron chi connectivity index (χ3n) is 3.28. The number of amides is 1. The number of likely N-dealkylation sites (N-methyl/N-ethyl adjacent to an activating group) is 1. The number of ether oxygens (including phenoxy) is 1. The van der Waals surface area contributed by atoms with Crippen molar-refractivity contribution >= 4 is 23.2 Å². The second-order valence-electron chi connectivity index (χ2n) is 4.75. The average Bonchev–Trinajstić information content (AvgIpc) is 2.96. The molecule has 0 saturated carbocycles. The van der Waals surface area contributed by atoms with Crippen molar-refractivity contribution in [2.24, 2.45) is 0 Å². The van der Waals surface area contributed by atoms with Crippen LogP contribution in [0.2, 0.25) is 0 Å². The first-order valence-corrected chi connectivity index (χ1v) is 7.98. The second kappa shape index (κ2) is 8.74. The molecule has 21 heavy (non-hydrogen) atoms. The molecule has 1 atom stereocenters. The molecule has 0 aliphatic carbocycles. The van der Waals surface area contributed by atoms with Crippen molar-refractivity contribution in [3.05, 3.63) is 16.1 Å². The molecule has 1 unspecified atom stereocenters. The molecule has 1 aromatic heterocycles. The number of thiazole rings is 1. The topological polar surface area (TPSA) is 71.5 Å². The van der Waals surface area contributed by atoms with Gasteiger partial charge in [-0.2, -0.15) is 0 Å². The fraction of sp³-hybridized carbons (Fsp3) is 0.643. The molecule has 1 heterocycles. The van der Waals surface area contributed by atoms with Gasteiger partial charge in [0, 0.05) is 24.5 Å². The summed E-state index contributed by atoms with van der Waals surface area (Å²) in [5.74, 6) is -0.752. The summed E-state index contributed by atoms with van der Waals surface area (Å²) in [5.41, 5.74) is 0.259. The van der Waals surface area contributed by atoms with E-state index in [2.05, 4.69) is 29.0 Å². The van der Waals surface area contributed by atoms with Crippen LogP contribution in [0.4, 0.5) is 0 Å². The van der Waals surface area contributed by atoms with Crippen LogP contribution in [-0.2, 0) is 4.74 Å². The average molecular weight is 313 g/mol. The summed E-state index contributed by atoms with van der Waals surface area (Å²) in [6, 6.07) is 0.483. The Bertz CT molecular complexity index is 476. The molecule has 0 aromatic carbocycles. The van der Waals surface area contributed by atoms with E-state index in [4.69, 9.17) is 4.74 Å². The molecule has 1 aromatic rings. The maximum Gasteiger partial charge on any atom is 0.367 e. The summed E-state index contributed by atoms with van der Waals surface area (Å²) in [6.07, 6.45) is 1.07. The first-order valence-electron chi connectivity index (χ1n) is 7.10. The van der Waals surface area contributed by atoms with Gasteiger partial charge in [-0.05, 0) is 27.3 Å². The maximum absolute atomic E-state index is 11.9. The predicted octanol–water partition coefficient (Wildman–Crippen LogP) is 1.78. The molecule has 0 saturated heterocycles. The van der Waals surface area contributed by atoms with E-state index < -0.39 is 5.97 Å². The molecule has 118 valence electrons. The van der Waals surface area contributed by atoms with Gasteiger partial charge in [0.25, 0.3) is 5.91 Å². The highest BCUT2D eigenvalue weighted by Crippen LogP contribution is 2.11. The highest BCUT2D eigenvalue weighted by atomic mass is 32.1. The quantitative estimate of drug-likeness (QED) is 0.741. The van der Waals surface area contributed by atoms with E-state index in [0.717, 1.165) is 24.3 Å². The molecule has 0 spiro atoms. The fourth-order valence-electron chi connectivity index (χ4n) is 1.63. The Labute approximate surface area is 129 Å². The Hall–Kier alpha value is -1.47. The zero-order valence-electron chi connectivity index (χ0n) is 13.0. The number of esters is 1. The molecule has 0 aliphatic rings. The van der Waals surface area contributed by atoms with Crippen molar-refractivity contribution in [2.75, 3.05) is 26.7 Å². The molecular formula is C14H23N3O3S. The number of aromatic nitrogens is 1. The second-order valence-corrected chi connectivity index (χ2v) is 5.61. The third-order valence-corrected chi connectivity index (χ3v) is 4.10. The summed E-state index contributed by atoms with van der Waals surface area (Å²) in [6.45, 7) is 7.62. The Kier molecular flexibility index (Phi) is 7.31. The number of hydrogen-bond donors (Lipinski definition) is 1. The first-order chi connectivity index (χ1) is 9.99. The third kappa shape index (κ3) is 5.43. The van der Waals surface area contributed by atoms with Crippen LogP contribution in [0.25, 0.3) is 0 Å². The van der Waals surface area contributed by atoms with Gasteiger partial charge in [-0.25, -0.2) is 9.78 Å². The first kappa shape index (κ1) is 17.6. The van der Waals surface area contributed by atoms with Crippen LogP contribution in [0, 0.1) is 0 Å². The van der Waals surface area contributed by atoms with Crippen molar-refractivity contribution < 1.29 is 14.3 Å². The fourth-order valence-corrected chi connectivity index (χ4v) is 2.32. The summed E-state index contributed by atoms with van der Waals surface area (Å²) in [5, 5.41) is 4.58. The van der Waals surface area contributed by atoms with E-state index in [1.807, 2.05) is 7.05 Å². The molecule has 6 nitrogen and oxygen atoms in total. The van der Waals surface area contributed by atoms with E-state index in [1.165, 1.54) is 0 Å². The number of carbonyl (C=O) groups excluding carboxylic acids is 2. The molecule has 0 bridgehead atoms. The summed E-state index contributed by atoms with van der Waals surface area (Å²) in [7, 11) is 2.03. The monoisotopic (exact) mass is 313 g/mol. The van der Waals surface area contributed by atoms with Crippen LogP contribution in [0.3, 0.4) is 0 Å². The van der Waals surface area contributed by atoms with Crippen LogP contribution in [0.15, 0.2) is 5.38 Å². The van der Waals surface area contributed by atoms with Gasteiger partial charge in [0.15, 0.2) is 0 Å². The lowest BCUT2D eigenvalue weighted by molar-refractivity contribution is 0.0526. The van der Waals surface area contributed by atoms with Crippen molar-refractivity contribution in [1.82, 2.24) is 15.2 Å². The Morgan fingerprint density at radius 1 is 1.48 bits per heavy atom. The lowest BCUT2D eigenvalue weighted by atomic mass is 10.2. The number of nitrogens with zero attached hydrogens (tertiary/aromatic N) is 2. The van der Waals surface area contributed by atoms with Gasteiger partial charge < -0.3 is 15.0 Å². The predicted molar refractivity (Wildman–Crippen MR) is 82.8 cm³/mol. The van der Waals surface area contributed by atoms with Gasteiger partial charge in [-0.3, -0.25) is 4.79 Å². The maximum atomic E-state index is 11.9. The number of rotatable bonds is 8. The minimum atomic E-state index is -0.488. The molecule has 1 rings (SSSR count). The highest BCUT2D eigenvalue weighted by Gasteiger charge is 2.16. The standard InChI is InChI=1S/C14H23N3O3S/c1-5-10(3)17(4)8-7-15-12(18)11-9-21-13(16-11)14(19)20-6-2/h9-10H,5-8H2,1-4H3,(H,15,18). The van der Waals surface area contributed by atoms with Crippen LogP contribution in [-0.4, -0.2) is 54.5 Å². The van der Waals surface area contributed by atoms with Crippen molar-refractivity contribution in [2.45, 2.75) is 33.2 Å². The van der Waals surface area contributed by atoms with Crippen LogP contribution in [0.1, 0.15) is 47.5 Å². The van der Waals surface area contributed by atoms with Gasteiger partial charge in [0.2, 0.25) is 5.01 Å². The molecular weight excluding hydrogens is 290 g/mol. The van der Waals surface area contributed by atoms with Gasteiger partial charge in [-0.15, -0.1) is 11.3 Å². The van der Waals surface area contributed by atoms with Crippen LogP contribution in [0.5, 0.6) is 0 Å². The SMILES string of the molecule is CCOC(=O)c1nc(C(=O)NCCN(C)C(C)CC)cs1. The van der Waals surface area contributed by atoms with Crippen LogP contribution < -0.4 is 5.32 Å². The van der Waals surface area contributed by atoms with E-state index in [0.29, 0.717) is 19.2 Å². The minimum absolute atomic E-state index is 0.207.